The molecule has 0 aliphatic rings. The SMILES string of the molecule is CC(C)c1nc(Cl)cc(Sc2nnnn2C)n1. The summed E-state index contributed by atoms with van der Waals surface area (Å²) in [6.45, 7) is 4.04. The van der Waals surface area contributed by atoms with Crippen molar-refractivity contribution in [2.45, 2.75) is 29.9 Å². The van der Waals surface area contributed by atoms with Crippen LogP contribution in [0.25, 0.3) is 0 Å². The Kier molecular flexibility index (Phi) is 3.58. The molecule has 0 saturated heterocycles. The highest BCUT2D eigenvalue weighted by Crippen LogP contribution is 2.26. The molecule has 2 aromatic heterocycles. The first-order chi connectivity index (χ1) is 8.06. The lowest BCUT2D eigenvalue weighted by Crippen LogP contribution is -1.99. The second-order valence-corrected chi connectivity index (χ2v) is 5.10. The van der Waals surface area contributed by atoms with E-state index in [0.29, 0.717) is 10.3 Å². The summed E-state index contributed by atoms with van der Waals surface area (Å²) < 4.78 is 1.58. The molecular formula is C9H11ClN6S. The number of hydrogen-bond donors (Lipinski definition) is 0. The van der Waals surface area contributed by atoms with Crippen LogP contribution in [0.2, 0.25) is 5.15 Å². The predicted molar refractivity (Wildman–Crippen MR) is 64.1 cm³/mol. The summed E-state index contributed by atoms with van der Waals surface area (Å²) >= 11 is 7.31. The minimum absolute atomic E-state index is 0.227. The largest absolute Gasteiger partial charge is 0.226 e. The first kappa shape index (κ1) is 12.3. The lowest BCUT2D eigenvalue weighted by atomic mass is 10.2. The maximum absolute atomic E-state index is 5.95. The molecule has 0 N–H and O–H groups in total. The van der Waals surface area contributed by atoms with Crippen LogP contribution in [-0.4, -0.2) is 30.2 Å². The Morgan fingerprint density at radius 3 is 2.71 bits per heavy atom. The Labute approximate surface area is 108 Å². The first-order valence-corrected chi connectivity index (χ1v) is 6.20. The second kappa shape index (κ2) is 4.97. The van der Waals surface area contributed by atoms with Gasteiger partial charge >= 0.3 is 0 Å². The fourth-order valence-corrected chi connectivity index (χ4v) is 2.12. The molecule has 90 valence electrons. The van der Waals surface area contributed by atoms with Crippen LogP contribution in [0.1, 0.15) is 25.6 Å². The monoisotopic (exact) mass is 270 g/mol. The van der Waals surface area contributed by atoms with E-state index in [1.54, 1.807) is 17.8 Å². The van der Waals surface area contributed by atoms with Crippen molar-refractivity contribution in [3.63, 3.8) is 0 Å². The van der Waals surface area contributed by atoms with Crippen LogP contribution in [0, 0.1) is 0 Å². The van der Waals surface area contributed by atoms with E-state index in [1.807, 2.05) is 13.8 Å². The van der Waals surface area contributed by atoms with Gasteiger partial charge in [0, 0.05) is 19.0 Å². The third-order valence-corrected chi connectivity index (χ3v) is 3.12. The Hall–Kier alpha value is -1.21. The quantitative estimate of drug-likeness (QED) is 0.794. The Morgan fingerprint density at radius 1 is 1.35 bits per heavy atom. The molecular weight excluding hydrogens is 260 g/mol. The predicted octanol–water partition coefficient (Wildman–Crippen LogP) is 1.93. The van der Waals surface area contributed by atoms with Gasteiger partial charge in [0.1, 0.15) is 16.0 Å². The van der Waals surface area contributed by atoms with Gasteiger partial charge < -0.3 is 0 Å². The molecule has 0 unspecified atom stereocenters. The van der Waals surface area contributed by atoms with E-state index >= 15 is 0 Å². The van der Waals surface area contributed by atoms with Crippen molar-refractivity contribution in [1.82, 2.24) is 30.2 Å². The number of aromatic nitrogens is 6. The molecule has 0 amide bonds. The van der Waals surface area contributed by atoms with Crippen LogP contribution in [0.4, 0.5) is 0 Å². The molecule has 2 aromatic rings. The fourth-order valence-electron chi connectivity index (χ4n) is 1.13. The number of aryl methyl sites for hydroxylation is 1. The topological polar surface area (TPSA) is 69.4 Å². The molecule has 0 aliphatic heterocycles. The van der Waals surface area contributed by atoms with E-state index < -0.39 is 0 Å². The van der Waals surface area contributed by atoms with E-state index in [-0.39, 0.29) is 5.92 Å². The molecule has 0 radical (unpaired) electrons. The van der Waals surface area contributed by atoms with Crippen molar-refractivity contribution in [3.05, 3.63) is 17.0 Å². The zero-order chi connectivity index (χ0) is 12.4. The Bertz CT molecular complexity index is 526. The highest BCUT2D eigenvalue weighted by Gasteiger charge is 2.11. The maximum atomic E-state index is 5.95. The van der Waals surface area contributed by atoms with Gasteiger partial charge in [-0.3, -0.25) is 0 Å². The van der Waals surface area contributed by atoms with Crippen molar-refractivity contribution >= 4 is 23.4 Å². The van der Waals surface area contributed by atoms with Crippen molar-refractivity contribution in [1.29, 1.82) is 0 Å². The average Bonchev–Trinajstić information content (AvgIpc) is 2.63. The number of halogens is 1. The van der Waals surface area contributed by atoms with Crippen LogP contribution >= 0.6 is 23.4 Å². The number of hydrogen-bond acceptors (Lipinski definition) is 6. The highest BCUT2D eigenvalue weighted by molar-refractivity contribution is 7.99. The molecule has 6 nitrogen and oxygen atoms in total. The van der Waals surface area contributed by atoms with Crippen LogP contribution in [0.3, 0.4) is 0 Å². The highest BCUT2D eigenvalue weighted by atomic mass is 35.5. The molecule has 17 heavy (non-hydrogen) atoms. The van der Waals surface area contributed by atoms with Gasteiger partial charge in [-0.2, -0.15) is 0 Å². The molecule has 0 spiro atoms. The van der Waals surface area contributed by atoms with Crippen molar-refractivity contribution in [2.75, 3.05) is 0 Å². The molecule has 8 heteroatoms. The molecule has 0 aliphatic carbocycles. The summed E-state index contributed by atoms with van der Waals surface area (Å²) in [5, 5.41) is 13.0. The van der Waals surface area contributed by atoms with Crippen molar-refractivity contribution < 1.29 is 0 Å². The van der Waals surface area contributed by atoms with Gasteiger partial charge in [0.25, 0.3) is 0 Å². The molecule has 0 saturated carbocycles. The summed E-state index contributed by atoms with van der Waals surface area (Å²) in [5.74, 6) is 0.945. The Morgan fingerprint density at radius 2 is 2.12 bits per heavy atom. The maximum Gasteiger partial charge on any atom is 0.215 e. The van der Waals surface area contributed by atoms with Crippen LogP contribution < -0.4 is 0 Å². The first-order valence-electron chi connectivity index (χ1n) is 5.01. The van der Waals surface area contributed by atoms with E-state index in [1.165, 1.54) is 11.8 Å². The Balaban J connectivity index is 2.30. The number of nitrogens with zero attached hydrogens (tertiary/aromatic N) is 6. The van der Waals surface area contributed by atoms with Gasteiger partial charge in [0.15, 0.2) is 0 Å². The minimum atomic E-state index is 0.227. The van der Waals surface area contributed by atoms with Gasteiger partial charge in [-0.15, -0.1) is 5.10 Å². The van der Waals surface area contributed by atoms with Gasteiger partial charge in [-0.05, 0) is 22.2 Å². The average molecular weight is 271 g/mol. The second-order valence-electron chi connectivity index (χ2n) is 3.73. The molecule has 2 rings (SSSR count). The molecule has 0 atom stereocenters. The summed E-state index contributed by atoms with van der Waals surface area (Å²) in [5.41, 5.74) is 0. The van der Waals surface area contributed by atoms with E-state index in [9.17, 15) is 0 Å². The minimum Gasteiger partial charge on any atom is -0.226 e. The third kappa shape index (κ3) is 2.92. The van der Waals surface area contributed by atoms with Crippen LogP contribution in [0.5, 0.6) is 0 Å². The molecule has 0 bridgehead atoms. The third-order valence-electron chi connectivity index (χ3n) is 1.98. The van der Waals surface area contributed by atoms with Gasteiger partial charge in [-0.25, -0.2) is 14.6 Å². The van der Waals surface area contributed by atoms with E-state index in [0.717, 1.165) is 10.9 Å². The van der Waals surface area contributed by atoms with Crippen LogP contribution in [0.15, 0.2) is 16.2 Å². The summed E-state index contributed by atoms with van der Waals surface area (Å²) in [4.78, 5) is 8.58. The van der Waals surface area contributed by atoms with Crippen molar-refractivity contribution in [3.8, 4) is 0 Å². The van der Waals surface area contributed by atoms with E-state index in [4.69, 9.17) is 11.6 Å². The summed E-state index contributed by atoms with van der Waals surface area (Å²) in [6, 6.07) is 1.70. The normalized spacial score (nSPS) is 11.1. The standard InChI is InChI=1S/C9H11ClN6S/c1-5(2)8-11-6(10)4-7(12-8)17-9-13-14-15-16(9)3/h4-5H,1-3H3. The molecule has 0 aromatic carbocycles. The summed E-state index contributed by atoms with van der Waals surface area (Å²) in [7, 11) is 1.77. The smallest absolute Gasteiger partial charge is 0.215 e. The van der Waals surface area contributed by atoms with Gasteiger partial charge in [0.2, 0.25) is 5.16 Å². The van der Waals surface area contributed by atoms with E-state index in [2.05, 4.69) is 25.5 Å². The van der Waals surface area contributed by atoms with Gasteiger partial charge in [-0.1, -0.05) is 25.4 Å². The zero-order valence-electron chi connectivity index (χ0n) is 9.62. The van der Waals surface area contributed by atoms with Crippen molar-refractivity contribution in [2.24, 2.45) is 7.05 Å². The van der Waals surface area contributed by atoms with Gasteiger partial charge in [0.05, 0.1) is 0 Å². The van der Waals surface area contributed by atoms with Crippen LogP contribution in [-0.2, 0) is 7.05 Å². The number of rotatable bonds is 3. The molecule has 0 fully saturated rings. The summed E-state index contributed by atoms with van der Waals surface area (Å²) in [6.07, 6.45) is 0. The lowest BCUT2D eigenvalue weighted by molar-refractivity contribution is 0.663. The fraction of sp³-hybridized carbons (Fsp3) is 0.444. The zero-order valence-corrected chi connectivity index (χ0v) is 11.2. The molecule has 2 heterocycles. The lowest BCUT2D eigenvalue weighted by Gasteiger charge is -2.06. The number of tetrazole rings is 1.